The second-order valence-electron chi connectivity index (χ2n) is 8.28. The molecule has 2 atom stereocenters. The highest BCUT2D eigenvalue weighted by Gasteiger charge is 2.22. The molecule has 5 aromatic rings. The van der Waals surface area contributed by atoms with E-state index in [0.717, 1.165) is 0 Å². The van der Waals surface area contributed by atoms with Crippen molar-refractivity contribution in [1.82, 2.24) is 9.55 Å². The Hall–Kier alpha value is -3.78. The number of fused-ring (bicyclic) bond motifs is 8. The summed E-state index contributed by atoms with van der Waals surface area (Å²) in [4.78, 5) is 3.61. The van der Waals surface area contributed by atoms with Crippen molar-refractivity contribution >= 4 is 49.3 Å². The van der Waals surface area contributed by atoms with Gasteiger partial charge in [0.2, 0.25) is 0 Å². The lowest BCUT2D eigenvalue weighted by atomic mass is 9.84. The van der Waals surface area contributed by atoms with E-state index >= 15 is 0 Å². The molecule has 2 aliphatic rings. The van der Waals surface area contributed by atoms with Crippen molar-refractivity contribution in [2.75, 3.05) is 0 Å². The zero-order valence-electron chi connectivity index (χ0n) is 16.4. The van der Waals surface area contributed by atoms with Crippen LogP contribution in [0.4, 0.5) is 0 Å². The van der Waals surface area contributed by atoms with E-state index in [-0.39, 0.29) is 0 Å². The molecule has 1 N–H and O–H groups in total. The van der Waals surface area contributed by atoms with Gasteiger partial charge in [-0.1, -0.05) is 72.9 Å². The zero-order valence-corrected chi connectivity index (χ0v) is 16.4. The SMILES string of the molecule is C1=CC2C=CC(n3c4ccccc4c4c5c(ccc43)[nH]c3ccccc35)=CC2C=C1. The van der Waals surface area contributed by atoms with Crippen LogP contribution in [0.5, 0.6) is 0 Å². The molecule has 0 saturated heterocycles. The van der Waals surface area contributed by atoms with Crippen molar-refractivity contribution in [2.24, 2.45) is 11.8 Å². The van der Waals surface area contributed by atoms with Gasteiger partial charge in [-0.2, -0.15) is 0 Å². The van der Waals surface area contributed by atoms with Gasteiger partial charge in [0.15, 0.2) is 0 Å². The third-order valence-electron chi connectivity index (χ3n) is 6.64. The third-order valence-corrected chi connectivity index (χ3v) is 6.64. The summed E-state index contributed by atoms with van der Waals surface area (Å²) < 4.78 is 2.44. The molecule has 2 aliphatic carbocycles. The molecule has 0 spiro atoms. The Bertz CT molecular complexity index is 1600. The Labute approximate surface area is 174 Å². The molecule has 2 heteroatoms. The molecule has 30 heavy (non-hydrogen) atoms. The fourth-order valence-corrected chi connectivity index (χ4v) is 5.29. The lowest BCUT2D eigenvalue weighted by Gasteiger charge is -2.24. The van der Waals surface area contributed by atoms with E-state index in [0.29, 0.717) is 11.8 Å². The molecule has 0 fully saturated rings. The van der Waals surface area contributed by atoms with Crippen LogP contribution in [0.15, 0.2) is 103 Å². The first kappa shape index (κ1) is 16.1. The predicted octanol–water partition coefficient (Wildman–Crippen LogP) is 7.20. The van der Waals surface area contributed by atoms with Crippen molar-refractivity contribution in [3.8, 4) is 0 Å². The number of nitrogens with zero attached hydrogens (tertiary/aromatic N) is 1. The molecule has 0 saturated carbocycles. The number of rotatable bonds is 1. The smallest absolute Gasteiger partial charge is 0.0548 e. The Morgan fingerprint density at radius 2 is 1.43 bits per heavy atom. The number of hydrogen-bond donors (Lipinski definition) is 1. The normalized spacial score (nSPS) is 20.5. The number of nitrogens with one attached hydrogen (secondary N) is 1. The minimum Gasteiger partial charge on any atom is -0.354 e. The maximum Gasteiger partial charge on any atom is 0.0548 e. The number of H-pyrrole nitrogens is 1. The Balaban J connectivity index is 1.62. The standard InChI is InChI=1S/C28H20N2/c1-2-8-19-17-20(14-13-18(19)7-1)30-25-12-6-4-10-22(25)28-26(30)16-15-24-27(28)21-9-3-5-11-23(21)29-24/h1-19,29H. The van der Waals surface area contributed by atoms with Gasteiger partial charge in [0, 0.05) is 50.1 Å². The predicted molar refractivity (Wildman–Crippen MR) is 127 cm³/mol. The molecular weight excluding hydrogens is 364 g/mol. The van der Waals surface area contributed by atoms with Crippen LogP contribution < -0.4 is 0 Å². The van der Waals surface area contributed by atoms with Gasteiger partial charge < -0.3 is 9.55 Å². The van der Waals surface area contributed by atoms with Gasteiger partial charge in [0.25, 0.3) is 0 Å². The number of aromatic nitrogens is 2. The summed E-state index contributed by atoms with van der Waals surface area (Å²) in [6.07, 6.45) is 15.9. The third kappa shape index (κ3) is 2.08. The van der Waals surface area contributed by atoms with Crippen molar-refractivity contribution in [1.29, 1.82) is 0 Å². The number of hydrogen-bond acceptors (Lipinski definition) is 0. The summed E-state index contributed by atoms with van der Waals surface area (Å²) in [7, 11) is 0. The fraction of sp³-hybridized carbons (Fsp3) is 0.0714. The van der Waals surface area contributed by atoms with E-state index in [1.165, 1.54) is 49.3 Å². The highest BCUT2D eigenvalue weighted by atomic mass is 15.0. The van der Waals surface area contributed by atoms with Gasteiger partial charge in [-0.15, -0.1) is 0 Å². The Kier molecular flexibility index (Phi) is 3.14. The number of para-hydroxylation sites is 2. The van der Waals surface area contributed by atoms with Gasteiger partial charge in [-0.05, 0) is 30.3 Å². The summed E-state index contributed by atoms with van der Waals surface area (Å²) in [6, 6.07) is 21.9. The number of benzene rings is 3. The van der Waals surface area contributed by atoms with Crippen molar-refractivity contribution in [3.63, 3.8) is 0 Å². The average molecular weight is 384 g/mol. The molecule has 2 nitrogen and oxygen atoms in total. The van der Waals surface area contributed by atoms with Crippen LogP contribution in [0.3, 0.4) is 0 Å². The summed E-state index contributed by atoms with van der Waals surface area (Å²) in [6.45, 7) is 0. The number of allylic oxidation sites excluding steroid dienone is 8. The molecule has 0 amide bonds. The van der Waals surface area contributed by atoms with Gasteiger partial charge >= 0.3 is 0 Å². The van der Waals surface area contributed by atoms with Crippen LogP contribution in [0.2, 0.25) is 0 Å². The van der Waals surface area contributed by atoms with Crippen LogP contribution in [0, 0.1) is 11.8 Å². The van der Waals surface area contributed by atoms with E-state index in [2.05, 4.69) is 113 Å². The minimum absolute atomic E-state index is 0.419. The first-order valence-corrected chi connectivity index (χ1v) is 10.6. The molecule has 3 aromatic carbocycles. The van der Waals surface area contributed by atoms with Crippen LogP contribution >= 0.6 is 0 Å². The molecule has 0 radical (unpaired) electrons. The van der Waals surface area contributed by atoms with Gasteiger partial charge in [0.1, 0.15) is 0 Å². The molecule has 142 valence electrons. The summed E-state index contributed by atoms with van der Waals surface area (Å²) in [5.74, 6) is 0.884. The lowest BCUT2D eigenvalue weighted by Crippen LogP contribution is -2.13. The first-order chi connectivity index (χ1) is 14.9. The Morgan fingerprint density at radius 3 is 2.37 bits per heavy atom. The molecular formula is C28H20N2. The fourth-order valence-electron chi connectivity index (χ4n) is 5.29. The van der Waals surface area contributed by atoms with E-state index in [9.17, 15) is 0 Å². The van der Waals surface area contributed by atoms with E-state index < -0.39 is 0 Å². The highest BCUT2D eigenvalue weighted by molar-refractivity contribution is 6.28. The lowest BCUT2D eigenvalue weighted by molar-refractivity contribution is 0.659. The topological polar surface area (TPSA) is 20.7 Å². The van der Waals surface area contributed by atoms with Crippen molar-refractivity contribution in [3.05, 3.63) is 103 Å². The zero-order chi connectivity index (χ0) is 19.7. The van der Waals surface area contributed by atoms with Crippen molar-refractivity contribution < 1.29 is 0 Å². The molecule has 0 bridgehead atoms. The largest absolute Gasteiger partial charge is 0.354 e. The molecule has 7 rings (SSSR count). The van der Waals surface area contributed by atoms with Crippen LogP contribution in [-0.2, 0) is 0 Å². The summed E-state index contributed by atoms with van der Waals surface area (Å²) in [5, 5.41) is 5.24. The summed E-state index contributed by atoms with van der Waals surface area (Å²) in [5.41, 5.74) is 6.16. The van der Waals surface area contributed by atoms with Crippen LogP contribution in [0.25, 0.3) is 49.3 Å². The van der Waals surface area contributed by atoms with Gasteiger partial charge in [0.05, 0.1) is 11.0 Å². The molecule has 2 aromatic heterocycles. The minimum atomic E-state index is 0.419. The van der Waals surface area contributed by atoms with Crippen molar-refractivity contribution in [2.45, 2.75) is 0 Å². The maximum absolute atomic E-state index is 3.61. The van der Waals surface area contributed by atoms with E-state index in [1.807, 2.05) is 0 Å². The molecule has 0 aliphatic heterocycles. The summed E-state index contributed by atoms with van der Waals surface area (Å²) >= 11 is 0. The van der Waals surface area contributed by atoms with E-state index in [1.54, 1.807) is 0 Å². The quantitative estimate of drug-likeness (QED) is 0.315. The van der Waals surface area contributed by atoms with Gasteiger partial charge in [-0.25, -0.2) is 0 Å². The molecule has 2 heterocycles. The average Bonchev–Trinajstić information content (AvgIpc) is 3.34. The maximum atomic E-state index is 3.61. The second-order valence-corrected chi connectivity index (χ2v) is 8.28. The van der Waals surface area contributed by atoms with Crippen LogP contribution in [0.1, 0.15) is 0 Å². The van der Waals surface area contributed by atoms with E-state index in [4.69, 9.17) is 0 Å². The van der Waals surface area contributed by atoms with Gasteiger partial charge in [-0.3, -0.25) is 0 Å². The molecule has 2 unspecified atom stereocenters. The number of aromatic amines is 1. The second kappa shape index (κ2) is 5.87. The van der Waals surface area contributed by atoms with Crippen LogP contribution in [-0.4, -0.2) is 9.55 Å². The monoisotopic (exact) mass is 384 g/mol. The Morgan fingerprint density at radius 1 is 0.633 bits per heavy atom. The highest BCUT2D eigenvalue weighted by Crippen LogP contribution is 2.41. The first-order valence-electron chi connectivity index (χ1n) is 10.6.